The first-order valence-electron chi connectivity index (χ1n) is 7.28. The summed E-state index contributed by atoms with van der Waals surface area (Å²) in [4.78, 5) is 11.9. The highest BCUT2D eigenvalue weighted by atomic mass is 16.5. The molecule has 1 amide bonds. The Hall–Kier alpha value is -2.95. The number of anilines is 2. The SMILES string of the molecule is CC(C)Oc1ccc(/C=C\C(=O)Nc2cccc(O)c2)cc1N. The molecule has 0 atom stereocenters. The lowest BCUT2D eigenvalue weighted by molar-refractivity contribution is -0.111. The third-order valence-electron chi connectivity index (χ3n) is 2.94. The molecule has 23 heavy (non-hydrogen) atoms. The molecule has 0 aliphatic heterocycles. The molecule has 120 valence electrons. The summed E-state index contributed by atoms with van der Waals surface area (Å²) in [7, 11) is 0. The zero-order valence-electron chi connectivity index (χ0n) is 13.1. The van der Waals surface area contributed by atoms with Crippen molar-refractivity contribution in [3.63, 3.8) is 0 Å². The van der Waals surface area contributed by atoms with Crippen LogP contribution in [-0.2, 0) is 4.79 Å². The molecule has 0 spiro atoms. The van der Waals surface area contributed by atoms with E-state index in [0.717, 1.165) is 5.56 Å². The van der Waals surface area contributed by atoms with E-state index in [1.165, 1.54) is 18.2 Å². The van der Waals surface area contributed by atoms with Crippen LogP contribution in [-0.4, -0.2) is 17.1 Å². The number of hydrogen-bond acceptors (Lipinski definition) is 4. The van der Waals surface area contributed by atoms with Crippen LogP contribution in [0.2, 0.25) is 0 Å². The monoisotopic (exact) mass is 312 g/mol. The van der Waals surface area contributed by atoms with Crippen molar-refractivity contribution in [2.45, 2.75) is 20.0 Å². The maximum absolute atomic E-state index is 11.9. The van der Waals surface area contributed by atoms with Crippen molar-refractivity contribution in [1.82, 2.24) is 0 Å². The molecular weight excluding hydrogens is 292 g/mol. The Balaban J connectivity index is 2.02. The molecule has 5 nitrogen and oxygen atoms in total. The fraction of sp³-hybridized carbons (Fsp3) is 0.167. The average molecular weight is 312 g/mol. The number of nitrogens with two attached hydrogens (primary N) is 1. The fourth-order valence-corrected chi connectivity index (χ4v) is 1.97. The van der Waals surface area contributed by atoms with Crippen LogP contribution in [0, 0.1) is 0 Å². The summed E-state index contributed by atoms with van der Waals surface area (Å²) in [6.07, 6.45) is 3.11. The van der Waals surface area contributed by atoms with Gasteiger partial charge in [0, 0.05) is 17.8 Å². The molecular formula is C18H20N2O3. The summed E-state index contributed by atoms with van der Waals surface area (Å²) in [5.41, 5.74) is 7.78. The molecule has 0 heterocycles. The third kappa shape index (κ3) is 5.07. The van der Waals surface area contributed by atoms with Crippen LogP contribution in [0.25, 0.3) is 6.08 Å². The number of rotatable bonds is 5. The predicted octanol–water partition coefficient (Wildman–Crippen LogP) is 3.41. The molecule has 2 aromatic rings. The quantitative estimate of drug-likeness (QED) is 0.583. The number of ether oxygens (including phenoxy) is 1. The first kappa shape index (κ1) is 16.4. The van der Waals surface area contributed by atoms with E-state index in [2.05, 4.69) is 5.32 Å². The van der Waals surface area contributed by atoms with Gasteiger partial charge < -0.3 is 20.9 Å². The van der Waals surface area contributed by atoms with Gasteiger partial charge in [0.05, 0.1) is 11.8 Å². The number of aromatic hydroxyl groups is 1. The van der Waals surface area contributed by atoms with Gasteiger partial charge in [-0.05, 0) is 49.8 Å². The summed E-state index contributed by atoms with van der Waals surface area (Å²) in [6, 6.07) is 11.7. The molecule has 0 unspecified atom stereocenters. The maximum atomic E-state index is 11.9. The minimum atomic E-state index is -0.295. The van der Waals surface area contributed by atoms with Crippen molar-refractivity contribution in [3.8, 4) is 11.5 Å². The van der Waals surface area contributed by atoms with Crippen molar-refractivity contribution < 1.29 is 14.6 Å². The lowest BCUT2D eigenvalue weighted by Crippen LogP contribution is -2.08. The third-order valence-corrected chi connectivity index (χ3v) is 2.94. The summed E-state index contributed by atoms with van der Waals surface area (Å²) in [5, 5.41) is 12.0. The van der Waals surface area contributed by atoms with Gasteiger partial charge in [-0.1, -0.05) is 12.1 Å². The Morgan fingerprint density at radius 3 is 2.70 bits per heavy atom. The molecule has 0 aromatic heterocycles. The van der Waals surface area contributed by atoms with Crippen LogP contribution < -0.4 is 15.8 Å². The zero-order valence-corrected chi connectivity index (χ0v) is 13.1. The number of carbonyl (C=O) groups excluding carboxylic acids is 1. The summed E-state index contributed by atoms with van der Waals surface area (Å²) in [6.45, 7) is 3.86. The summed E-state index contributed by atoms with van der Waals surface area (Å²) < 4.78 is 5.56. The zero-order chi connectivity index (χ0) is 16.8. The van der Waals surface area contributed by atoms with Gasteiger partial charge in [0.2, 0.25) is 5.91 Å². The van der Waals surface area contributed by atoms with Crippen molar-refractivity contribution in [2.24, 2.45) is 0 Å². The van der Waals surface area contributed by atoms with Crippen molar-refractivity contribution in [1.29, 1.82) is 0 Å². The van der Waals surface area contributed by atoms with Crippen LogP contribution in [0.3, 0.4) is 0 Å². The van der Waals surface area contributed by atoms with E-state index in [1.54, 1.807) is 30.3 Å². The number of nitrogen functional groups attached to an aromatic ring is 1. The number of nitrogens with one attached hydrogen (secondary N) is 1. The number of amides is 1. The number of carbonyl (C=O) groups is 1. The van der Waals surface area contributed by atoms with Gasteiger partial charge in [0.25, 0.3) is 0 Å². The normalized spacial score (nSPS) is 10.9. The van der Waals surface area contributed by atoms with Crippen LogP contribution in [0.1, 0.15) is 19.4 Å². The second-order valence-corrected chi connectivity index (χ2v) is 5.34. The molecule has 0 aliphatic carbocycles. The smallest absolute Gasteiger partial charge is 0.248 e. The lowest BCUT2D eigenvalue weighted by atomic mass is 10.1. The van der Waals surface area contributed by atoms with Crippen LogP contribution >= 0.6 is 0 Å². The molecule has 2 aromatic carbocycles. The first-order valence-corrected chi connectivity index (χ1v) is 7.28. The van der Waals surface area contributed by atoms with Gasteiger partial charge in [-0.3, -0.25) is 4.79 Å². The fourth-order valence-electron chi connectivity index (χ4n) is 1.97. The highest BCUT2D eigenvalue weighted by Gasteiger charge is 2.03. The van der Waals surface area contributed by atoms with Crippen molar-refractivity contribution in [2.75, 3.05) is 11.1 Å². The van der Waals surface area contributed by atoms with Crippen molar-refractivity contribution >= 4 is 23.4 Å². The minimum Gasteiger partial charge on any atom is -0.508 e. The summed E-state index contributed by atoms with van der Waals surface area (Å²) in [5.74, 6) is 0.429. The molecule has 4 N–H and O–H groups in total. The number of benzene rings is 2. The van der Waals surface area contributed by atoms with Gasteiger partial charge in [0.1, 0.15) is 11.5 Å². The highest BCUT2D eigenvalue weighted by molar-refractivity contribution is 6.02. The topological polar surface area (TPSA) is 84.6 Å². The lowest BCUT2D eigenvalue weighted by Gasteiger charge is -2.12. The molecule has 5 heteroatoms. The minimum absolute atomic E-state index is 0.0479. The average Bonchev–Trinajstić information content (AvgIpc) is 2.47. The molecule has 0 radical (unpaired) electrons. The predicted molar refractivity (Wildman–Crippen MR) is 92.4 cm³/mol. The van der Waals surface area contributed by atoms with E-state index in [9.17, 15) is 9.90 Å². The molecule has 0 saturated carbocycles. The van der Waals surface area contributed by atoms with Crippen LogP contribution in [0.5, 0.6) is 11.5 Å². The van der Waals surface area contributed by atoms with E-state index in [4.69, 9.17) is 10.5 Å². The molecule has 0 aliphatic rings. The number of phenols is 1. The Kier molecular flexibility index (Phi) is 5.25. The Bertz CT molecular complexity index is 724. The number of phenolic OH excluding ortho intramolecular Hbond substituents is 1. The molecule has 0 saturated heterocycles. The van der Waals surface area contributed by atoms with E-state index in [1.807, 2.05) is 19.9 Å². The van der Waals surface area contributed by atoms with Crippen LogP contribution in [0.15, 0.2) is 48.5 Å². The van der Waals surface area contributed by atoms with E-state index in [0.29, 0.717) is 17.1 Å². The van der Waals surface area contributed by atoms with E-state index < -0.39 is 0 Å². The number of hydrogen-bond donors (Lipinski definition) is 3. The molecule has 0 fully saturated rings. The van der Waals surface area contributed by atoms with Gasteiger partial charge in [-0.2, -0.15) is 0 Å². The largest absolute Gasteiger partial charge is 0.508 e. The van der Waals surface area contributed by atoms with Gasteiger partial charge in [-0.15, -0.1) is 0 Å². The Morgan fingerprint density at radius 1 is 1.26 bits per heavy atom. The molecule has 0 bridgehead atoms. The molecule has 2 rings (SSSR count). The Morgan fingerprint density at radius 2 is 2.04 bits per heavy atom. The highest BCUT2D eigenvalue weighted by Crippen LogP contribution is 2.24. The van der Waals surface area contributed by atoms with E-state index >= 15 is 0 Å². The second-order valence-electron chi connectivity index (χ2n) is 5.34. The maximum Gasteiger partial charge on any atom is 0.248 e. The van der Waals surface area contributed by atoms with Crippen molar-refractivity contribution in [3.05, 3.63) is 54.1 Å². The second kappa shape index (κ2) is 7.35. The Labute approximate surface area is 135 Å². The van der Waals surface area contributed by atoms with Gasteiger partial charge >= 0.3 is 0 Å². The van der Waals surface area contributed by atoms with Crippen LogP contribution in [0.4, 0.5) is 11.4 Å². The summed E-state index contributed by atoms with van der Waals surface area (Å²) >= 11 is 0. The van der Waals surface area contributed by atoms with Gasteiger partial charge in [0.15, 0.2) is 0 Å². The standard InChI is InChI=1S/C18H20N2O3/c1-12(2)23-17-8-6-13(10-16(17)19)7-9-18(22)20-14-4-3-5-15(21)11-14/h3-12,21H,19H2,1-2H3,(H,20,22)/b9-7-. The van der Waals surface area contributed by atoms with E-state index in [-0.39, 0.29) is 17.8 Å². The first-order chi connectivity index (χ1) is 10.9. The van der Waals surface area contributed by atoms with Gasteiger partial charge in [-0.25, -0.2) is 0 Å².